The molecule has 0 saturated carbocycles. The van der Waals surface area contributed by atoms with E-state index in [0.717, 1.165) is 12.8 Å². The van der Waals surface area contributed by atoms with E-state index in [-0.39, 0.29) is 5.41 Å². The van der Waals surface area contributed by atoms with E-state index in [1.807, 2.05) is 18.5 Å². The molecule has 24 heavy (non-hydrogen) atoms. The van der Waals surface area contributed by atoms with Gasteiger partial charge in [0.25, 0.3) is 0 Å². The van der Waals surface area contributed by atoms with E-state index < -0.39 is 0 Å². The van der Waals surface area contributed by atoms with Crippen LogP contribution in [-0.4, -0.2) is 9.97 Å². The Hall–Kier alpha value is -1.70. The largest absolute Gasteiger partial charge is 0.261 e. The van der Waals surface area contributed by atoms with Gasteiger partial charge in [-0.25, -0.2) is 0 Å². The molecule has 0 N–H and O–H groups in total. The lowest BCUT2D eigenvalue weighted by Crippen LogP contribution is -2.17. The van der Waals surface area contributed by atoms with Crippen molar-refractivity contribution in [3.8, 4) is 0 Å². The van der Waals surface area contributed by atoms with Gasteiger partial charge in [0, 0.05) is 29.7 Å². The summed E-state index contributed by atoms with van der Waals surface area (Å²) in [6, 6.07) is 10.6. The van der Waals surface area contributed by atoms with Gasteiger partial charge in [0.1, 0.15) is 0 Å². The van der Waals surface area contributed by atoms with Gasteiger partial charge in [0.05, 0.1) is 0 Å². The fourth-order valence-corrected chi connectivity index (χ4v) is 2.92. The van der Waals surface area contributed by atoms with Crippen LogP contribution >= 0.6 is 0 Å². The second kappa shape index (κ2) is 7.92. The van der Waals surface area contributed by atoms with Crippen LogP contribution in [0, 0.1) is 17.3 Å². The van der Waals surface area contributed by atoms with Crippen molar-refractivity contribution in [1.82, 2.24) is 9.97 Å². The predicted octanol–water partition coefficient (Wildman–Crippen LogP) is 5.68. The van der Waals surface area contributed by atoms with Crippen LogP contribution in [0.3, 0.4) is 0 Å². The van der Waals surface area contributed by atoms with E-state index in [2.05, 4.69) is 75.8 Å². The van der Waals surface area contributed by atoms with Gasteiger partial charge >= 0.3 is 0 Å². The number of nitrogens with zero attached hydrogens (tertiary/aromatic N) is 2. The van der Waals surface area contributed by atoms with Crippen LogP contribution < -0.4 is 0 Å². The summed E-state index contributed by atoms with van der Waals surface area (Å²) in [5, 5.41) is 0. The average molecular weight is 325 g/mol. The van der Waals surface area contributed by atoms with E-state index in [9.17, 15) is 0 Å². The average Bonchev–Trinajstić information content (AvgIpc) is 2.54. The zero-order valence-corrected chi connectivity index (χ0v) is 16.1. The van der Waals surface area contributed by atoms with Gasteiger partial charge in [-0.05, 0) is 59.9 Å². The highest BCUT2D eigenvalue weighted by Gasteiger charge is 2.23. The zero-order valence-electron chi connectivity index (χ0n) is 16.1. The number of rotatable bonds is 6. The van der Waals surface area contributed by atoms with E-state index in [1.165, 1.54) is 17.0 Å². The number of hydrogen-bond donors (Lipinski definition) is 0. The first-order chi connectivity index (χ1) is 11.3. The Morgan fingerprint density at radius 2 is 1.58 bits per heavy atom. The smallest absolute Gasteiger partial charge is 0.0439 e. The van der Waals surface area contributed by atoms with Crippen LogP contribution in [0.1, 0.15) is 64.4 Å². The number of hydrogen-bond acceptors (Lipinski definition) is 2. The summed E-state index contributed by atoms with van der Waals surface area (Å²) in [4.78, 5) is 9.08. The SMILES string of the molecule is CC(Cc1ccnc([C@@H](C)C(C)(C)C)c1)C(C)Cc1ccccn1. The molecule has 2 rings (SSSR count). The lowest BCUT2D eigenvalue weighted by Gasteiger charge is -2.27. The van der Waals surface area contributed by atoms with Crippen LogP contribution in [0.2, 0.25) is 0 Å². The van der Waals surface area contributed by atoms with Gasteiger partial charge in [-0.3, -0.25) is 9.97 Å². The Labute approximate surface area is 147 Å². The topological polar surface area (TPSA) is 25.8 Å². The summed E-state index contributed by atoms with van der Waals surface area (Å²) in [6.07, 6.45) is 6.00. The Morgan fingerprint density at radius 3 is 2.21 bits per heavy atom. The molecule has 0 amide bonds. The summed E-state index contributed by atoms with van der Waals surface area (Å²) >= 11 is 0. The third-order valence-corrected chi connectivity index (χ3v) is 5.37. The highest BCUT2D eigenvalue weighted by molar-refractivity contribution is 5.21. The van der Waals surface area contributed by atoms with Crippen molar-refractivity contribution in [2.75, 3.05) is 0 Å². The van der Waals surface area contributed by atoms with Gasteiger partial charge in [-0.15, -0.1) is 0 Å². The molecule has 0 fully saturated rings. The molecule has 0 aliphatic carbocycles. The minimum Gasteiger partial charge on any atom is -0.261 e. The molecular weight excluding hydrogens is 292 g/mol. The molecule has 0 saturated heterocycles. The molecule has 0 bridgehead atoms. The molecule has 2 unspecified atom stereocenters. The highest BCUT2D eigenvalue weighted by Crippen LogP contribution is 2.33. The molecule has 2 heterocycles. The second-order valence-corrected chi connectivity index (χ2v) is 8.36. The molecule has 2 aromatic rings. The van der Waals surface area contributed by atoms with E-state index in [0.29, 0.717) is 17.8 Å². The van der Waals surface area contributed by atoms with Crippen LogP contribution in [0.15, 0.2) is 42.7 Å². The van der Waals surface area contributed by atoms with Crippen LogP contribution in [0.5, 0.6) is 0 Å². The summed E-state index contributed by atoms with van der Waals surface area (Å²) in [7, 11) is 0. The van der Waals surface area contributed by atoms with Gasteiger partial charge in [0.2, 0.25) is 0 Å². The summed E-state index contributed by atoms with van der Waals surface area (Å²) in [5.41, 5.74) is 4.04. The van der Waals surface area contributed by atoms with Crippen molar-refractivity contribution in [2.24, 2.45) is 17.3 Å². The van der Waals surface area contributed by atoms with Crippen molar-refractivity contribution in [2.45, 2.75) is 60.3 Å². The number of pyridine rings is 2. The lowest BCUT2D eigenvalue weighted by molar-refractivity contribution is 0.333. The minimum atomic E-state index is 0.240. The third kappa shape index (κ3) is 5.15. The maximum absolute atomic E-state index is 4.62. The Bertz CT molecular complexity index is 628. The van der Waals surface area contributed by atoms with Crippen LogP contribution in [0.25, 0.3) is 0 Å². The minimum absolute atomic E-state index is 0.240. The molecule has 0 spiro atoms. The molecule has 3 atom stereocenters. The van der Waals surface area contributed by atoms with Crippen LogP contribution in [-0.2, 0) is 12.8 Å². The summed E-state index contributed by atoms with van der Waals surface area (Å²) < 4.78 is 0. The quantitative estimate of drug-likeness (QED) is 0.683. The van der Waals surface area contributed by atoms with E-state index >= 15 is 0 Å². The Balaban J connectivity index is 2.02. The third-order valence-electron chi connectivity index (χ3n) is 5.37. The van der Waals surface area contributed by atoms with Crippen LogP contribution in [0.4, 0.5) is 0 Å². The monoisotopic (exact) mass is 324 g/mol. The summed E-state index contributed by atoms with van der Waals surface area (Å²) in [6.45, 7) is 13.8. The maximum Gasteiger partial charge on any atom is 0.0439 e. The first-order valence-corrected chi connectivity index (χ1v) is 9.12. The van der Waals surface area contributed by atoms with Gasteiger partial charge in [0.15, 0.2) is 0 Å². The molecule has 0 radical (unpaired) electrons. The second-order valence-electron chi connectivity index (χ2n) is 8.36. The van der Waals surface area contributed by atoms with Crippen molar-refractivity contribution >= 4 is 0 Å². The molecule has 2 heteroatoms. The van der Waals surface area contributed by atoms with Gasteiger partial charge < -0.3 is 0 Å². The van der Waals surface area contributed by atoms with Crippen molar-refractivity contribution < 1.29 is 0 Å². The predicted molar refractivity (Wildman–Crippen MR) is 102 cm³/mol. The molecule has 130 valence electrons. The molecule has 0 aliphatic heterocycles. The van der Waals surface area contributed by atoms with Crippen molar-refractivity contribution in [1.29, 1.82) is 0 Å². The standard InChI is InChI=1S/C22H32N2/c1-16(17(2)14-20-9-7-8-11-23-20)13-19-10-12-24-21(15-19)18(3)22(4,5)6/h7-12,15-18H,13-14H2,1-6H3/t16?,17?,18-/m1/s1. The molecule has 2 nitrogen and oxygen atoms in total. The highest BCUT2D eigenvalue weighted by atomic mass is 14.7. The molecule has 0 aromatic carbocycles. The van der Waals surface area contributed by atoms with Gasteiger partial charge in [-0.2, -0.15) is 0 Å². The lowest BCUT2D eigenvalue weighted by atomic mass is 9.79. The number of aromatic nitrogens is 2. The maximum atomic E-state index is 4.62. The van der Waals surface area contributed by atoms with E-state index in [4.69, 9.17) is 0 Å². The molecule has 2 aromatic heterocycles. The van der Waals surface area contributed by atoms with Crippen molar-refractivity contribution in [3.05, 3.63) is 59.7 Å². The Morgan fingerprint density at radius 1 is 0.875 bits per heavy atom. The molecule has 0 aliphatic rings. The van der Waals surface area contributed by atoms with Gasteiger partial charge in [-0.1, -0.05) is 47.6 Å². The van der Waals surface area contributed by atoms with Crippen molar-refractivity contribution in [3.63, 3.8) is 0 Å². The zero-order chi connectivity index (χ0) is 17.7. The first kappa shape index (κ1) is 18.6. The fraction of sp³-hybridized carbons (Fsp3) is 0.545. The van der Waals surface area contributed by atoms with E-state index in [1.54, 1.807) is 0 Å². The first-order valence-electron chi connectivity index (χ1n) is 9.12. The fourth-order valence-electron chi connectivity index (χ4n) is 2.92. The Kier molecular flexibility index (Phi) is 6.15. The molecular formula is C22H32N2. The summed E-state index contributed by atoms with van der Waals surface area (Å²) in [5.74, 6) is 1.68. The normalized spacial score (nSPS) is 15.8.